The van der Waals surface area contributed by atoms with E-state index in [1.807, 2.05) is 22.6 Å². The van der Waals surface area contributed by atoms with E-state index in [2.05, 4.69) is 10.8 Å². The Labute approximate surface area is 78.7 Å². The highest BCUT2D eigenvalue weighted by atomic mass is 127. The van der Waals surface area contributed by atoms with Gasteiger partial charge in [-0.05, 0) is 34.7 Å². The van der Waals surface area contributed by atoms with E-state index in [0.717, 1.165) is 3.57 Å². The maximum atomic E-state index is 11.0. The van der Waals surface area contributed by atoms with Crippen molar-refractivity contribution in [3.63, 3.8) is 0 Å². The van der Waals surface area contributed by atoms with Gasteiger partial charge in [0, 0.05) is 3.57 Å². The molecule has 57 valence electrons. The lowest BCUT2D eigenvalue weighted by Gasteiger charge is -1.99. The van der Waals surface area contributed by atoms with E-state index < -0.39 is 0 Å². The minimum atomic E-state index is -0.314. The number of hydrogen-bond donors (Lipinski definition) is 0. The van der Waals surface area contributed by atoms with Crippen LogP contribution in [-0.2, 0) is 4.74 Å². The highest BCUT2D eigenvalue weighted by Crippen LogP contribution is 2.11. The van der Waals surface area contributed by atoms with Crippen molar-refractivity contribution in [3.8, 4) is 0 Å². The molecule has 0 aliphatic rings. The van der Waals surface area contributed by atoms with Gasteiger partial charge in [0.2, 0.25) is 0 Å². The summed E-state index contributed by atoms with van der Waals surface area (Å²) in [5.74, 6) is -0.314. The first-order valence-corrected chi connectivity index (χ1v) is 4.08. The van der Waals surface area contributed by atoms with Gasteiger partial charge in [-0.3, -0.25) is 0 Å². The Morgan fingerprint density at radius 3 is 3.00 bits per heavy atom. The van der Waals surface area contributed by atoms with Gasteiger partial charge >= 0.3 is 5.97 Å². The van der Waals surface area contributed by atoms with Crippen LogP contribution in [0.3, 0.4) is 0 Å². The molecule has 0 atom stereocenters. The molecule has 0 aliphatic heterocycles. The normalized spacial score (nSPS) is 9.27. The number of benzene rings is 1. The van der Waals surface area contributed by atoms with Crippen molar-refractivity contribution in [2.75, 3.05) is 7.11 Å². The fraction of sp³-hybridized carbons (Fsp3) is 0.125. The first-order chi connectivity index (χ1) is 5.25. The molecule has 0 bridgehead atoms. The smallest absolute Gasteiger partial charge is 0.338 e. The predicted octanol–water partition coefficient (Wildman–Crippen LogP) is 1.88. The Morgan fingerprint density at radius 1 is 1.73 bits per heavy atom. The van der Waals surface area contributed by atoms with Crippen molar-refractivity contribution < 1.29 is 9.53 Å². The van der Waals surface area contributed by atoms with Gasteiger partial charge < -0.3 is 4.74 Å². The van der Waals surface area contributed by atoms with E-state index in [-0.39, 0.29) is 5.97 Å². The van der Waals surface area contributed by atoms with E-state index in [9.17, 15) is 4.79 Å². The molecule has 0 aliphatic carbocycles. The van der Waals surface area contributed by atoms with Crippen LogP contribution in [0.25, 0.3) is 0 Å². The lowest BCUT2D eigenvalue weighted by molar-refractivity contribution is 0.0599. The number of esters is 1. The second-order valence-corrected chi connectivity index (χ2v) is 2.97. The molecule has 1 rings (SSSR count). The molecule has 0 N–H and O–H groups in total. The molecule has 2 nitrogen and oxygen atoms in total. The number of halogens is 1. The second-order valence-electron chi connectivity index (χ2n) is 1.89. The minimum absolute atomic E-state index is 0.314. The maximum Gasteiger partial charge on any atom is 0.338 e. The highest BCUT2D eigenvalue weighted by Gasteiger charge is 2.07. The molecule has 0 saturated heterocycles. The van der Waals surface area contributed by atoms with Crippen molar-refractivity contribution in [3.05, 3.63) is 33.4 Å². The monoisotopic (exact) mass is 261 g/mol. The molecule has 0 heterocycles. The Hall–Kier alpha value is -0.580. The number of hydrogen-bond acceptors (Lipinski definition) is 2. The van der Waals surface area contributed by atoms with Crippen LogP contribution >= 0.6 is 22.6 Å². The van der Waals surface area contributed by atoms with Crippen LogP contribution in [0.5, 0.6) is 0 Å². The van der Waals surface area contributed by atoms with E-state index in [1.165, 1.54) is 7.11 Å². The van der Waals surface area contributed by atoms with Crippen molar-refractivity contribution >= 4 is 28.6 Å². The van der Waals surface area contributed by atoms with Crippen molar-refractivity contribution in [2.24, 2.45) is 0 Å². The Kier molecular flexibility index (Phi) is 2.87. The summed E-state index contributed by atoms with van der Waals surface area (Å²) in [5, 5.41) is 0. The van der Waals surface area contributed by atoms with E-state index in [1.54, 1.807) is 18.2 Å². The summed E-state index contributed by atoms with van der Waals surface area (Å²) in [4.78, 5) is 11.0. The topological polar surface area (TPSA) is 26.3 Å². The van der Waals surface area contributed by atoms with Crippen LogP contribution in [0, 0.1) is 9.64 Å². The molecule has 1 aromatic rings. The summed E-state index contributed by atoms with van der Waals surface area (Å²) < 4.78 is 5.34. The Balaban J connectivity index is 3.03. The molecule has 0 saturated carbocycles. The summed E-state index contributed by atoms with van der Waals surface area (Å²) in [6.07, 6.45) is 0. The van der Waals surface area contributed by atoms with Crippen LogP contribution in [0.2, 0.25) is 0 Å². The van der Waals surface area contributed by atoms with Crippen LogP contribution in [0.4, 0.5) is 0 Å². The third-order valence-corrected chi connectivity index (χ3v) is 2.10. The molecular weight excluding hydrogens is 255 g/mol. The molecule has 11 heavy (non-hydrogen) atoms. The van der Waals surface area contributed by atoms with Crippen molar-refractivity contribution in [1.82, 2.24) is 0 Å². The zero-order valence-electron chi connectivity index (χ0n) is 5.93. The molecule has 0 aromatic heterocycles. The SMILES string of the molecule is COC(=O)c1ccc[c]c1I. The van der Waals surface area contributed by atoms with Crippen LogP contribution in [-0.4, -0.2) is 13.1 Å². The van der Waals surface area contributed by atoms with Gasteiger partial charge in [0.15, 0.2) is 0 Å². The lowest BCUT2D eigenvalue weighted by Crippen LogP contribution is -2.02. The zero-order valence-corrected chi connectivity index (χ0v) is 8.08. The molecule has 1 aromatic carbocycles. The van der Waals surface area contributed by atoms with E-state index in [0.29, 0.717) is 5.56 Å². The molecule has 3 heteroatoms. The second kappa shape index (κ2) is 3.71. The Morgan fingerprint density at radius 2 is 2.45 bits per heavy atom. The molecule has 0 fully saturated rings. The predicted molar refractivity (Wildman–Crippen MR) is 49.3 cm³/mol. The fourth-order valence-electron chi connectivity index (χ4n) is 0.684. The van der Waals surface area contributed by atoms with Crippen molar-refractivity contribution in [2.45, 2.75) is 0 Å². The van der Waals surface area contributed by atoms with Crippen LogP contribution < -0.4 is 0 Å². The first kappa shape index (κ1) is 8.52. The molecule has 0 spiro atoms. The lowest BCUT2D eigenvalue weighted by atomic mass is 10.2. The van der Waals surface area contributed by atoms with Gasteiger partial charge in [0.1, 0.15) is 0 Å². The molecule has 0 unspecified atom stereocenters. The maximum absolute atomic E-state index is 11.0. The van der Waals surface area contributed by atoms with Gasteiger partial charge in [-0.1, -0.05) is 12.1 Å². The molecule has 0 amide bonds. The number of carbonyl (C=O) groups is 1. The van der Waals surface area contributed by atoms with Crippen molar-refractivity contribution in [1.29, 1.82) is 0 Å². The van der Waals surface area contributed by atoms with Gasteiger partial charge in [0.25, 0.3) is 0 Å². The first-order valence-electron chi connectivity index (χ1n) is 3.00. The van der Waals surface area contributed by atoms with E-state index >= 15 is 0 Å². The van der Waals surface area contributed by atoms with Gasteiger partial charge in [-0.15, -0.1) is 0 Å². The minimum Gasteiger partial charge on any atom is -0.465 e. The zero-order chi connectivity index (χ0) is 8.27. The van der Waals surface area contributed by atoms with E-state index in [4.69, 9.17) is 0 Å². The summed E-state index contributed by atoms with van der Waals surface area (Å²) >= 11 is 2.04. The summed E-state index contributed by atoms with van der Waals surface area (Å²) in [7, 11) is 1.37. The summed E-state index contributed by atoms with van der Waals surface area (Å²) in [6.45, 7) is 0. The highest BCUT2D eigenvalue weighted by molar-refractivity contribution is 14.1. The quantitative estimate of drug-likeness (QED) is 0.570. The standard InChI is InChI=1S/C8H6IO2/c1-11-8(10)6-4-2-3-5-7(6)9/h2-4H,1H3. The van der Waals surface area contributed by atoms with Crippen LogP contribution in [0.1, 0.15) is 10.4 Å². The average Bonchev–Trinajstić information content (AvgIpc) is 2.04. The average molecular weight is 261 g/mol. The van der Waals surface area contributed by atoms with Gasteiger partial charge in [-0.2, -0.15) is 0 Å². The third-order valence-electron chi connectivity index (χ3n) is 1.21. The number of methoxy groups -OCH3 is 1. The number of rotatable bonds is 1. The fourth-order valence-corrected chi connectivity index (χ4v) is 1.26. The summed E-state index contributed by atoms with van der Waals surface area (Å²) in [5.41, 5.74) is 0.565. The number of ether oxygens (including phenoxy) is 1. The van der Waals surface area contributed by atoms with Gasteiger partial charge in [-0.25, -0.2) is 4.79 Å². The van der Waals surface area contributed by atoms with Gasteiger partial charge in [0.05, 0.1) is 12.7 Å². The van der Waals surface area contributed by atoms with Crippen LogP contribution in [0.15, 0.2) is 18.2 Å². The summed E-state index contributed by atoms with van der Waals surface area (Å²) in [6, 6.07) is 8.13. The largest absolute Gasteiger partial charge is 0.465 e. The number of carbonyl (C=O) groups excluding carboxylic acids is 1. The third kappa shape index (κ3) is 1.92. The Bertz CT molecular complexity index is 271. The molecule has 1 radical (unpaired) electrons. The molecular formula is C8H6IO2.